The van der Waals surface area contributed by atoms with E-state index in [1.54, 1.807) is 11.6 Å². The molecular formula is C20H26N4O3. The monoisotopic (exact) mass is 370 g/mol. The molecule has 2 aliphatic rings. The van der Waals surface area contributed by atoms with Crippen LogP contribution in [0, 0.1) is 5.92 Å². The molecule has 144 valence electrons. The van der Waals surface area contributed by atoms with Crippen molar-refractivity contribution in [2.24, 2.45) is 13.0 Å². The van der Waals surface area contributed by atoms with Crippen molar-refractivity contribution in [3.63, 3.8) is 0 Å². The summed E-state index contributed by atoms with van der Waals surface area (Å²) >= 11 is 0. The van der Waals surface area contributed by atoms with Gasteiger partial charge in [-0.25, -0.2) is 4.79 Å². The lowest BCUT2D eigenvalue weighted by Gasteiger charge is -2.22. The molecule has 7 nitrogen and oxygen atoms in total. The van der Waals surface area contributed by atoms with Crippen LogP contribution in [-0.2, 0) is 23.1 Å². The average Bonchev–Trinajstić information content (AvgIpc) is 2.92. The van der Waals surface area contributed by atoms with E-state index in [1.807, 2.05) is 6.07 Å². The Labute approximate surface area is 157 Å². The second-order valence-corrected chi connectivity index (χ2v) is 7.73. The third-order valence-corrected chi connectivity index (χ3v) is 5.98. The molecule has 0 radical (unpaired) electrons. The summed E-state index contributed by atoms with van der Waals surface area (Å²) in [5, 5.41) is 5.74. The normalized spacial score (nSPS) is 21.6. The predicted molar refractivity (Wildman–Crippen MR) is 103 cm³/mol. The molecule has 3 heterocycles. The molecule has 1 atom stereocenters. The third-order valence-electron chi connectivity index (χ3n) is 5.98. The number of hydrogen-bond acceptors (Lipinski definition) is 4. The molecule has 0 saturated carbocycles. The van der Waals surface area contributed by atoms with Crippen molar-refractivity contribution in [1.82, 2.24) is 19.8 Å². The SMILES string of the molecule is Cn1c(=O)n(C2CCC(=O)NC2=O)c2ccc(CCC3CCNCC3)cc21. The van der Waals surface area contributed by atoms with Gasteiger partial charge in [0.05, 0.1) is 11.0 Å². The Hall–Kier alpha value is -2.41. The lowest BCUT2D eigenvalue weighted by Crippen LogP contribution is -2.44. The maximum atomic E-state index is 12.8. The number of rotatable bonds is 4. The van der Waals surface area contributed by atoms with Crippen LogP contribution in [0.25, 0.3) is 11.0 Å². The van der Waals surface area contributed by atoms with Crippen LogP contribution < -0.4 is 16.3 Å². The number of imidazole rings is 1. The first kappa shape index (κ1) is 18.0. The number of aromatic nitrogens is 2. The first-order chi connectivity index (χ1) is 13.0. The Kier molecular flexibility index (Phi) is 4.86. The molecule has 1 aromatic carbocycles. The van der Waals surface area contributed by atoms with E-state index in [9.17, 15) is 14.4 Å². The largest absolute Gasteiger partial charge is 0.329 e. The highest BCUT2D eigenvalue weighted by Crippen LogP contribution is 2.25. The quantitative estimate of drug-likeness (QED) is 0.794. The minimum absolute atomic E-state index is 0.213. The maximum Gasteiger partial charge on any atom is 0.329 e. The minimum atomic E-state index is -0.625. The van der Waals surface area contributed by atoms with E-state index in [0.717, 1.165) is 42.9 Å². The average molecular weight is 370 g/mol. The molecule has 0 spiro atoms. The van der Waals surface area contributed by atoms with Crippen molar-refractivity contribution in [3.05, 3.63) is 34.2 Å². The van der Waals surface area contributed by atoms with Crippen LogP contribution in [0.3, 0.4) is 0 Å². The number of carbonyl (C=O) groups is 2. The fourth-order valence-corrected chi connectivity index (χ4v) is 4.34. The third kappa shape index (κ3) is 3.43. The summed E-state index contributed by atoms with van der Waals surface area (Å²) in [6.07, 6.45) is 5.24. The topological polar surface area (TPSA) is 85.1 Å². The zero-order valence-corrected chi connectivity index (χ0v) is 15.7. The molecule has 4 rings (SSSR count). The number of imide groups is 1. The lowest BCUT2D eigenvalue weighted by atomic mass is 9.91. The molecule has 0 aliphatic carbocycles. The number of benzene rings is 1. The predicted octanol–water partition coefficient (Wildman–Crippen LogP) is 1.25. The van der Waals surface area contributed by atoms with E-state index in [0.29, 0.717) is 6.42 Å². The van der Waals surface area contributed by atoms with E-state index >= 15 is 0 Å². The Bertz CT molecular complexity index is 937. The van der Waals surface area contributed by atoms with Gasteiger partial charge in [0.15, 0.2) is 0 Å². The van der Waals surface area contributed by atoms with E-state index in [4.69, 9.17) is 0 Å². The Morgan fingerprint density at radius 1 is 1.07 bits per heavy atom. The first-order valence-electron chi connectivity index (χ1n) is 9.79. The second kappa shape index (κ2) is 7.31. The number of amides is 2. The molecule has 1 aromatic heterocycles. The summed E-state index contributed by atoms with van der Waals surface area (Å²) in [7, 11) is 1.74. The van der Waals surface area contributed by atoms with Gasteiger partial charge in [0.25, 0.3) is 0 Å². The molecular weight excluding hydrogens is 344 g/mol. The van der Waals surface area contributed by atoms with Gasteiger partial charge in [-0.3, -0.25) is 24.0 Å². The summed E-state index contributed by atoms with van der Waals surface area (Å²) in [5.41, 5.74) is 2.60. The van der Waals surface area contributed by atoms with Crippen LogP contribution >= 0.6 is 0 Å². The molecule has 0 bridgehead atoms. The Balaban J connectivity index is 1.61. The number of nitrogens with one attached hydrogen (secondary N) is 2. The standard InChI is InChI=1S/C20H26N4O3/c1-23-17-12-14(3-2-13-8-10-21-11-9-13)4-5-15(17)24(20(23)27)16-6-7-18(25)22-19(16)26/h4-5,12-13,16,21H,2-3,6-11H2,1H3,(H,22,25,26). The Morgan fingerprint density at radius 2 is 1.85 bits per heavy atom. The highest BCUT2D eigenvalue weighted by Gasteiger charge is 2.31. The van der Waals surface area contributed by atoms with Crippen molar-refractivity contribution in [2.45, 2.75) is 44.6 Å². The van der Waals surface area contributed by atoms with Crippen molar-refractivity contribution in [2.75, 3.05) is 13.1 Å². The zero-order valence-electron chi connectivity index (χ0n) is 15.7. The first-order valence-corrected chi connectivity index (χ1v) is 9.79. The number of piperidine rings is 2. The van der Waals surface area contributed by atoms with Gasteiger partial charge in [0.2, 0.25) is 11.8 Å². The number of fused-ring (bicyclic) bond motifs is 1. The number of aryl methyl sites for hydroxylation is 2. The van der Waals surface area contributed by atoms with Crippen molar-refractivity contribution in [3.8, 4) is 0 Å². The summed E-state index contributed by atoms with van der Waals surface area (Å²) in [6, 6.07) is 5.45. The summed E-state index contributed by atoms with van der Waals surface area (Å²) < 4.78 is 3.14. The fraction of sp³-hybridized carbons (Fsp3) is 0.550. The molecule has 2 aliphatic heterocycles. The highest BCUT2D eigenvalue weighted by molar-refractivity contribution is 6.00. The second-order valence-electron chi connectivity index (χ2n) is 7.73. The van der Waals surface area contributed by atoms with Crippen LogP contribution in [0.15, 0.2) is 23.0 Å². The van der Waals surface area contributed by atoms with Gasteiger partial charge in [-0.15, -0.1) is 0 Å². The number of hydrogen-bond donors (Lipinski definition) is 2. The van der Waals surface area contributed by atoms with Gasteiger partial charge in [-0.2, -0.15) is 0 Å². The zero-order chi connectivity index (χ0) is 19.0. The minimum Gasteiger partial charge on any atom is -0.317 e. The van der Waals surface area contributed by atoms with E-state index in [2.05, 4.69) is 22.8 Å². The molecule has 2 N–H and O–H groups in total. The van der Waals surface area contributed by atoms with Gasteiger partial charge >= 0.3 is 5.69 Å². The van der Waals surface area contributed by atoms with Crippen LogP contribution in [0.5, 0.6) is 0 Å². The van der Waals surface area contributed by atoms with Gasteiger partial charge in [0.1, 0.15) is 6.04 Å². The Morgan fingerprint density at radius 3 is 2.59 bits per heavy atom. The van der Waals surface area contributed by atoms with Crippen LogP contribution in [0.4, 0.5) is 0 Å². The van der Waals surface area contributed by atoms with Crippen molar-refractivity contribution >= 4 is 22.8 Å². The van der Waals surface area contributed by atoms with Crippen LogP contribution in [0.2, 0.25) is 0 Å². The molecule has 7 heteroatoms. The molecule has 2 amide bonds. The van der Waals surface area contributed by atoms with Crippen LogP contribution in [0.1, 0.15) is 43.7 Å². The summed E-state index contributed by atoms with van der Waals surface area (Å²) in [5.74, 6) is 0.0967. The summed E-state index contributed by atoms with van der Waals surface area (Å²) in [4.78, 5) is 36.5. The van der Waals surface area contributed by atoms with Gasteiger partial charge < -0.3 is 5.32 Å². The molecule has 2 aromatic rings. The van der Waals surface area contributed by atoms with E-state index in [-0.39, 0.29) is 18.0 Å². The van der Waals surface area contributed by atoms with Crippen molar-refractivity contribution < 1.29 is 9.59 Å². The molecule has 2 fully saturated rings. The van der Waals surface area contributed by atoms with E-state index < -0.39 is 11.9 Å². The van der Waals surface area contributed by atoms with Gasteiger partial charge in [-0.05, 0) is 68.8 Å². The number of carbonyl (C=O) groups excluding carboxylic acids is 2. The molecule has 27 heavy (non-hydrogen) atoms. The molecule has 1 unspecified atom stereocenters. The molecule has 2 saturated heterocycles. The van der Waals surface area contributed by atoms with E-state index in [1.165, 1.54) is 23.0 Å². The summed E-state index contributed by atoms with van der Waals surface area (Å²) in [6.45, 7) is 2.21. The van der Waals surface area contributed by atoms with Gasteiger partial charge in [0, 0.05) is 13.5 Å². The smallest absolute Gasteiger partial charge is 0.317 e. The van der Waals surface area contributed by atoms with Crippen molar-refractivity contribution in [1.29, 1.82) is 0 Å². The highest BCUT2D eigenvalue weighted by atomic mass is 16.2. The maximum absolute atomic E-state index is 12.8. The van der Waals surface area contributed by atoms with Gasteiger partial charge in [-0.1, -0.05) is 6.07 Å². The van der Waals surface area contributed by atoms with Crippen LogP contribution in [-0.4, -0.2) is 34.0 Å². The lowest BCUT2D eigenvalue weighted by molar-refractivity contribution is -0.135. The number of nitrogens with zero attached hydrogens (tertiary/aromatic N) is 2. The fourth-order valence-electron chi connectivity index (χ4n) is 4.34.